The van der Waals surface area contributed by atoms with Gasteiger partial charge in [0.25, 0.3) is 0 Å². The van der Waals surface area contributed by atoms with Gasteiger partial charge in [0.1, 0.15) is 0 Å². The van der Waals surface area contributed by atoms with Crippen LogP contribution in [0.4, 0.5) is 0 Å². The summed E-state index contributed by atoms with van der Waals surface area (Å²) < 4.78 is 0. The van der Waals surface area contributed by atoms with Crippen molar-refractivity contribution in [3.8, 4) is 0 Å². The van der Waals surface area contributed by atoms with Gasteiger partial charge in [0.2, 0.25) is 0 Å². The molecule has 4 nitrogen and oxygen atoms in total. The summed E-state index contributed by atoms with van der Waals surface area (Å²) in [4.78, 5) is 29.3. The second kappa shape index (κ2) is 15.1. The van der Waals surface area contributed by atoms with E-state index < -0.39 is 9.05 Å². The van der Waals surface area contributed by atoms with Crippen LogP contribution in [0.3, 0.4) is 0 Å². The minimum absolute atomic E-state index is 0. The smallest absolute Gasteiger partial charge is 1.00 e. The fourth-order valence-corrected chi connectivity index (χ4v) is 0. The molecule has 0 saturated carbocycles. The van der Waals surface area contributed by atoms with Crippen LogP contribution in [-0.4, -0.2) is 164 Å². The third-order valence-corrected chi connectivity index (χ3v) is 0. The topological polar surface area (TPSA) is 80.9 Å². The minimum Gasteiger partial charge on any atom is -1.00 e. The van der Waals surface area contributed by atoms with E-state index in [2.05, 4.69) is 0 Å². The molecule has 0 radical (unpaired) electrons. The molecule has 0 saturated heterocycles. The SMILES string of the molecule is O[Si](O)(O)O.[Ca+2].[Ca+2].[Ca+2].[H-].[H-].[H-].[H-].[H-].[H-].[H-].[H-].[Mg+2]. The van der Waals surface area contributed by atoms with Gasteiger partial charge < -0.3 is 30.6 Å². The molecule has 48 valence electrons. The Balaban J connectivity index is -0.00000000121. The van der Waals surface area contributed by atoms with E-state index in [4.69, 9.17) is 19.2 Å². The molecule has 0 aromatic heterocycles. The van der Waals surface area contributed by atoms with E-state index in [1.807, 2.05) is 0 Å². The van der Waals surface area contributed by atoms with Crippen molar-refractivity contribution in [2.75, 3.05) is 0 Å². The van der Waals surface area contributed by atoms with E-state index in [0.29, 0.717) is 0 Å². The van der Waals surface area contributed by atoms with Gasteiger partial charge >= 0.3 is 145 Å². The Morgan fingerprint density at radius 2 is 0.778 bits per heavy atom. The number of hydrogen-bond acceptors (Lipinski definition) is 4. The van der Waals surface area contributed by atoms with Crippen LogP contribution in [0.15, 0.2) is 0 Å². The van der Waals surface area contributed by atoms with E-state index in [1.165, 1.54) is 0 Å². The van der Waals surface area contributed by atoms with Gasteiger partial charge in [0, 0.05) is 0 Å². The van der Waals surface area contributed by atoms with Crippen LogP contribution in [0, 0.1) is 0 Å². The third-order valence-electron chi connectivity index (χ3n) is 0. The molecule has 0 spiro atoms. The van der Waals surface area contributed by atoms with E-state index >= 15 is 0 Å². The maximum absolute atomic E-state index is 7.33. The van der Waals surface area contributed by atoms with Gasteiger partial charge in [-0.1, -0.05) is 0 Å². The summed E-state index contributed by atoms with van der Waals surface area (Å²) in [7, 11) is -4.61. The molecule has 0 aliphatic heterocycles. The fraction of sp³-hybridized carbons (Fsp3) is 0. The van der Waals surface area contributed by atoms with Crippen LogP contribution in [0.25, 0.3) is 0 Å². The maximum atomic E-state index is 7.33. The monoisotopic (exact) mass is 248 g/mol. The first kappa shape index (κ1) is 29.2. The van der Waals surface area contributed by atoms with Crippen LogP contribution in [0.5, 0.6) is 0 Å². The molecule has 0 heterocycles. The van der Waals surface area contributed by atoms with E-state index in [-0.39, 0.29) is 148 Å². The molecule has 0 aromatic carbocycles. The molecule has 4 N–H and O–H groups in total. The molecule has 9 heteroatoms. The van der Waals surface area contributed by atoms with Crippen LogP contribution < -0.4 is 0 Å². The Morgan fingerprint density at radius 1 is 0.778 bits per heavy atom. The van der Waals surface area contributed by atoms with Gasteiger partial charge in [-0.05, 0) is 0 Å². The predicted octanol–water partition coefficient (Wildman–Crippen LogP) is -3.23. The van der Waals surface area contributed by atoms with Gasteiger partial charge in [0.05, 0.1) is 0 Å². The van der Waals surface area contributed by atoms with E-state index in [0.717, 1.165) is 0 Å². The zero-order valence-electron chi connectivity index (χ0n) is 13.1. The van der Waals surface area contributed by atoms with Crippen molar-refractivity contribution in [3.63, 3.8) is 0 Å². The maximum Gasteiger partial charge on any atom is 2.00 e. The molecule has 9 heavy (non-hydrogen) atoms. The van der Waals surface area contributed by atoms with Gasteiger partial charge in [-0.25, -0.2) is 0 Å². The summed E-state index contributed by atoms with van der Waals surface area (Å²) in [6, 6.07) is 0. The van der Waals surface area contributed by atoms with E-state index in [9.17, 15) is 0 Å². The van der Waals surface area contributed by atoms with Crippen molar-refractivity contribution in [2.45, 2.75) is 0 Å². The Kier molecular flexibility index (Phi) is 49.0. The third kappa shape index (κ3) is 66.9. The van der Waals surface area contributed by atoms with Gasteiger partial charge in [-0.15, -0.1) is 0 Å². The molecule has 0 fully saturated rings. The Hall–Kier alpha value is 4.60. The first-order chi connectivity index (χ1) is 2.00. The molecule has 0 aromatic rings. The van der Waals surface area contributed by atoms with Gasteiger partial charge in [0.15, 0.2) is 0 Å². The van der Waals surface area contributed by atoms with Crippen molar-refractivity contribution in [1.82, 2.24) is 0 Å². The van der Waals surface area contributed by atoms with Crippen molar-refractivity contribution in [1.29, 1.82) is 0 Å². The van der Waals surface area contributed by atoms with Crippen LogP contribution >= 0.6 is 0 Å². The summed E-state index contributed by atoms with van der Waals surface area (Å²) in [5, 5.41) is 0. The largest absolute Gasteiger partial charge is 2.00 e. The minimum atomic E-state index is -4.61. The quantitative estimate of drug-likeness (QED) is 0.340. The molecular weight excluding hydrogens is 237 g/mol. The van der Waals surface area contributed by atoms with Crippen molar-refractivity contribution in [2.24, 2.45) is 0 Å². The van der Waals surface area contributed by atoms with Crippen LogP contribution in [-0.2, 0) is 0 Å². The second-order valence-electron chi connectivity index (χ2n) is 0.600. The first-order valence-electron chi connectivity index (χ1n) is 0.894. The molecule has 0 atom stereocenters. The summed E-state index contributed by atoms with van der Waals surface area (Å²) in [6.07, 6.45) is 0. The van der Waals surface area contributed by atoms with E-state index in [1.54, 1.807) is 0 Å². The average Bonchev–Trinajstić information content (AvgIpc) is 0.722. The zero-order chi connectivity index (χ0) is 4.50. The molecule has 0 rings (SSSR count). The van der Waals surface area contributed by atoms with Crippen LogP contribution in [0.2, 0.25) is 0 Å². The van der Waals surface area contributed by atoms with Crippen molar-refractivity contribution >= 4 is 145 Å². The van der Waals surface area contributed by atoms with Crippen molar-refractivity contribution in [3.05, 3.63) is 0 Å². The average molecular weight is 249 g/mol. The fourth-order valence-electron chi connectivity index (χ4n) is 0. The standard InChI is InChI=1S/3Ca.Mg.H4O4Si.8H/c;;;;1-5(2,3)4;;;;;;;;/h;;;;1-4H;;;;;;;;/q4*+2;;8*-1. The Labute approximate surface area is 172 Å². The number of hydrogen-bond donors (Lipinski definition) is 4. The molecule has 0 aliphatic rings. The van der Waals surface area contributed by atoms with Gasteiger partial charge in [-0.3, -0.25) is 0 Å². The summed E-state index contributed by atoms with van der Waals surface area (Å²) in [6.45, 7) is 0. The molecule has 0 amide bonds. The molecule has 0 aliphatic carbocycles. The Bertz CT molecular complexity index is 48.2. The normalized spacial score (nSPS) is 6.67. The zero-order valence-corrected chi connectivity index (χ0v) is 14.2. The summed E-state index contributed by atoms with van der Waals surface area (Å²) in [5.41, 5.74) is 0. The summed E-state index contributed by atoms with van der Waals surface area (Å²) >= 11 is 0. The molecular formula is H12Ca3MgO4Si. The first-order valence-corrected chi connectivity index (χ1v) is 2.68. The summed E-state index contributed by atoms with van der Waals surface area (Å²) in [5.74, 6) is 0. The Morgan fingerprint density at radius 3 is 0.778 bits per heavy atom. The van der Waals surface area contributed by atoms with Gasteiger partial charge in [-0.2, -0.15) is 0 Å². The molecule has 0 bridgehead atoms. The van der Waals surface area contributed by atoms with Crippen LogP contribution in [0.1, 0.15) is 11.4 Å². The number of rotatable bonds is 0. The predicted molar refractivity (Wildman–Crippen MR) is 46.5 cm³/mol. The van der Waals surface area contributed by atoms with Crippen molar-refractivity contribution < 1.29 is 30.6 Å². The molecule has 0 unspecified atom stereocenters. The second-order valence-corrected chi connectivity index (χ2v) is 1.80.